The summed E-state index contributed by atoms with van der Waals surface area (Å²) in [4.78, 5) is 14.4. The lowest BCUT2D eigenvalue weighted by atomic mass is 10.1. The predicted octanol–water partition coefficient (Wildman–Crippen LogP) is 4.07. The topological polar surface area (TPSA) is 38.1 Å². The minimum atomic E-state index is 0.225. The lowest BCUT2D eigenvalue weighted by Gasteiger charge is -2.30. The van der Waals surface area contributed by atoms with Crippen LogP contribution in [0.15, 0.2) is 30.3 Å². The molecule has 0 N–H and O–H groups in total. The molecule has 1 amide bonds. The Bertz CT molecular complexity index is 675. The number of carbonyl (C=O) groups excluding carboxylic acids is 1. The summed E-state index contributed by atoms with van der Waals surface area (Å²) in [5.41, 5.74) is 4.38. The zero-order chi connectivity index (χ0) is 17.9. The third-order valence-corrected chi connectivity index (χ3v) is 4.22. The minimum Gasteiger partial charge on any atom is -0.338 e. The molecule has 0 aliphatic carbocycles. The van der Waals surface area contributed by atoms with Gasteiger partial charge in [0.25, 0.3) is 0 Å². The van der Waals surface area contributed by atoms with E-state index < -0.39 is 0 Å². The standard InChI is InChI=1S/C20H29N3O/c1-14(2)22(15(3)4)20(24)12-9-18-7-10-19(11-8-18)23-17(6)13-16(5)21-23/h7-8,10-11,13-15H,9,12H2,1-6H3. The second kappa shape index (κ2) is 7.65. The second-order valence-electron chi connectivity index (χ2n) is 6.99. The van der Waals surface area contributed by atoms with Crippen LogP contribution in [0.3, 0.4) is 0 Å². The maximum absolute atomic E-state index is 12.4. The SMILES string of the molecule is Cc1cc(C)n(-c2ccc(CCC(=O)N(C(C)C)C(C)C)cc2)n1. The first-order valence-corrected chi connectivity index (χ1v) is 8.73. The summed E-state index contributed by atoms with van der Waals surface area (Å²) >= 11 is 0. The average molecular weight is 327 g/mol. The summed E-state index contributed by atoms with van der Waals surface area (Å²) < 4.78 is 1.95. The van der Waals surface area contributed by atoms with Crippen molar-refractivity contribution in [2.24, 2.45) is 0 Å². The van der Waals surface area contributed by atoms with Gasteiger partial charge in [-0.25, -0.2) is 4.68 Å². The number of nitrogens with zero attached hydrogens (tertiary/aromatic N) is 3. The van der Waals surface area contributed by atoms with Crippen LogP contribution in [0.4, 0.5) is 0 Å². The van der Waals surface area contributed by atoms with Crippen molar-refractivity contribution in [3.05, 3.63) is 47.3 Å². The lowest BCUT2D eigenvalue weighted by Crippen LogP contribution is -2.42. The van der Waals surface area contributed by atoms with E-state index in [1.807, 2.05) is 16.5 Å². The maximum Gasteiger partial charge on any atom is 0.223 e. The summed E-state index contributed by atoms with van der Waals surface area (Å²) in [5, 5.41) is 4.50. The van der Waals surface area contributed by atoms with Crippen LogP contribution in [0, 0.1) is 13.8 Å². The van der Waals surface area contributed by atoms with E-state index in [1.165, 1.54) is 5.56 Å². The molecule has 0 aliphatic rings. The number of hydrogen-bond acceptors (Lipinski definition) is 2. The predicted molar refractivity (Wildman–Crippen MR) is 98.5 cm³/mol. The van der Waals surface area contributed by atoms with Crippen LogP contribution in [0.1, 0.15) is 51.1 Å². The fraction of sp³-hybridized carbons (Fsp3) is 0.500. The number of hydrogen-bond donors (Lipinski definition) is 0. The van der Waals surface area contributed by atoms with E-state index in [-0.39, 0.29) is 18.0 Å². The molecule has 0 aliphatic heterocycles. The molecule has 130 valence electrons. The number of aryl methyl sites for hydroxylation is 3. The molecule has 1 aromatic carbocycles. The Labute approximate surface area is 145 Å². The van der Waals surface area contributed by atoms with Crippen molar-refractivity contribution in [1.29, 1.82) is 0 Å². The highest BCUT2D eigenvalue weighted by atomic mass is 16.2. The molecular weight excluding hydrogens is 298 g/mol. The number of rotatable bonds is 6. The zero-order valence-electron chi connectivity index (χ0n) is 15.7. The van der Waals surface area contributed by atoms with Gasteiger partial charge in [0.2, 0.25) is 5.91 Å². The van der Waals surface area contributed by atoms with Gasteiger partial charge in [0.15, 0.2) is 0 Å². The molecule has 4 nitrogen and oxygen atoms in total. The molecule has 24 heavy (non-hydrogen) atoms. The Morgan fingerprint density at radius 3 is 2.12 bits per heavy atom. The number of amides is 1. The van der Waals surface area contributed by atoms with Gasteiger partial charge in [-0.2, -0.15) is 5.10 Å². The van der Waals surface area contributed by atoms with Gasteiger partial charge in [-0.3, -0.25) is 4.79 Å². The largest absolute Gasteiger partial charge is 0.338 e. The van der Waals surface area contributed by atoms with Crippen molar-refractivity contribution in [2.45, 2.75) is 66.5 Å². The first kappa shape index (κ1) is 18.2. The van der Waals surface area contributed by atoms with Crippen molar-refractivity contribution in [3.63, 3.8) is 0 Å². The molecule has 0 spiro atoms. The second-order valence-corrected chi connectivity index (χ2v) is 6.99. The highest BCUT2D eigenvalue weighted by molar-refractivity contribution is 5.77. The van der Waals surface area contributed by atoms with E-state index in [0.29, 0.717) is 6.42 Å². The number of carbonyl (C=O) groups is 1. The summed E-state index contributed by atoms with van der Waals surface area (Å²) in [6, 6.07) is 10.9. The molecule has 0 radical (unpaired) electrons. The Morgan fingerprint density at radius 1 is 1.08 bits per heavy atom. The van der Waals surface area contributed by atoms with Crippen molar-refractivity contribution in [2.75, 3.05) is 0 Å². The number of benzene rings is 1. The quantitative estimate of drug-likeness (QED) is 0.802. The fourth-order valence-electron chi connectivity index (χ4n) is 3.25. The van der Waals surface area contributed by atoms with Crippen molar-refractivity contribution >= 4 is 5.91 Å². The van der Waals surface area contributed by atoms with Gasteiger partial charge in [0.1, 0.15) is 0 Å². The number of aromatic nitrogens is 2. The lowest BCUT2D eigenvalue weighted by molar-refractivity contribution is -0.134. The van der Waals surface area contributed by atoms with Gasteiger partial charge in [0, 0.05) is 24.2 Å². The molecular formula is C20H29N3O. The summed E-state index contributed by atoms with van der Waals surface area (Å²) in [6.07, 6.45) is 1.32. The monoisotopic (exact) mass is 327 g/mol. The van der Waals surface area contributed by atoms with Crippen molar-refractivity contribution < 1.29 is 4.79 Å². The van der Waals surface area contributed by atoms with E-state index in [2.05, 4.69) is 70.0 Å². The molecule has 0 atom stereocenters. The van der Waals surface area contributed by atoms with E-state index in [9.17, 15) is 4.79 Å². The van der Waals surface area contributed by atoms with Crippen LogP contribution in [0.25, 0.3) is 5.69 Å². The van der Waals surface area contributed by atoms with E-state index in [0.717, 1.165) is 23.5 Å². The van der Waals surface area contributed by atoms with Gasteiger partial charge in [-0.1, -0.05) is 12.1 Å². The third kappa shape index (κ3) is 4.25. The molecule has 0 saturated carbocycles. The van der Waals surface area contributed by atoms with Crippen LogP contribution in [-0.4, -0.2) is 32.7 Å². The first-order valence-electron chi connectivity index (χ1n) is 8.73. The molecule has 0 fully saturated rings. The van der Waals surface area contributed by atoms with Crippen LogP contribution < -0.4 is 0 Å². The van der Waals surface area contributed by atoms with Gasteiger partial charge in [0.05, 0.1) is 11.4 Å². The van der Waals surface area contributed by atoms with Gasteiger partial charge >= 0.3 is 0 Å². The summed E-state index contributed by atoms with van der Waals surface area (Å²) in [5.74, 6) is 0.225. The normalized spacial score (nSPS) is 11.3. The Balaban J connectivity index is 2.02. The molecule has 4 heteroatoms. The molecule has 0 bridgehead atoms. The summed E-state index contributed by atoms with van der Waals surface area (Å²) in [6.45, 7) is 12.3. The molecule has 0 unspecified atom stereocenters. The Morgan fingerprint density at radius 2 is 1.67 bits per heavy atom. The highest BCUT2D eigenvalue weighted by Gasteiger charge is 2.19. The summed E-state index contributed by atoms with van der Waals surface area (Å²) in [7, 11) is 0. The zero-order valence-corrected chi connectivity index (χ0v) is 15.7. The average Bonchev–Trinajstić information content (AvgIpc) is 2.83. The first-order chi connectivity index (χ1) is 11.3. The van der Waals surface area contributed by atoms with Gasteiger partial charge in [-0.15, -0.1) is 0 Å². The molecule has 2 aromatic rings. The highest BCUT2D eigenvalue weighted by Crippen LogP contribution is 2.15. The van der Waals surface area contributed by atoms with Crippen molar-refractivity contribution in [1.82, 2.24) is 14.7 Å². The van der Waals surface area contributed by atoms with Crippen LogP contribution in [0.5, 0.6) is 0 Å². The molecule has 0 saturated heterocycles. The van der Waals surface area contributed by atoms with E-state index >= 15 is 0 Å². The Hall–Kier alpha value is -2.10. The minimum absolute atomic E-state index is 0.225. The van der Waals surface area contributed by atoms with Gasteiger partial charge < -0.3 is 4.90 Å². The maximum atomic E-state index is 12.4. The van der Waals surface area contributed by atoms with E-state index in [4.69, 9.17) is 0 Å². The fourth-order valence-corrected chi connectivity index (χ4v) is 3.25. The molecule has 2 rings (SSSR count). The Kier molecular flexibility index (Phi) is 5.81. The molecule has 1 aromatic heterocycles. The van der Waals surface area contributed by atoms with E-state index in [1.54, 1.807) is 0 Å². The van der Waals surface area contributed by atoms with Crippen LogP contribution in [0.2, 0.25) is 0 Å². The van der Waals surface area contributed by atoms with Crippen LogP contribution in [-0.2, 0) is 11.2 Å². The smallest absolute Gasteiger partial charge is 0.223 e. The van der Waals surface area contributed by atoms with Crippen molar-refractivity contribution in [3.8, 4) is 5.69 Å². The van der Waals surface area contributed by atoms with Gasteiger partial charge in [-0.05, 0) is 71.7 Å². The third-order valence-electron chi connectivity index (χ3n) is 4.22. The van der Waals surface area contributed by atoms with Crippen LogP contribution >= 0.6 is 0 Å². The molecule has 1 heterocycles.